The van der Waals surface area contributed by atoms with Gasteiger partial charge in [0.25, 0.3) is 0 Å². The molecule has 164 valence electrons. The maximum atomic E-state index is 10.9. The van der Waals surface area contributed by atoms with Crippen molar-refractivity contribution in [2.45, 2.75) is 0 Å². The first-order valence-corrected chi connectivity index (χ1v) is 10.9. The smallest absolute Gasteiger partial charge is 0.328 e. The van der Waals surface area contributed by atoms with Crippen LogP contribution in [-0.4, -0.2) is 16.1 Å². The molecule has 4 heteroatoms. The summed E-state index contributed by atoms with van der Waals surface area (Å²) in [6, 6.07) is 35.7. The van der Waals surface area contributed by atoms with Crippen LogP contribution in [0.25, 0.3) is 51.2 Å². The Morgan fingerprint density at radius 2 is 1.32 bits per heavy atom. The lowest BCUT2D eigenvalue weighted by molar-refractivity contribution is -0.131. The zero-order chi connectivity index (χ0) is 23.3. The van der Waals surface area contributed by atoms with Crippen molar-refractivity contribution < 1.29 is 14.3 Å². The van der Waals surface area contributed by atoms with Crippen molar-refractivity contribution in [3.8, 4) is 45.2 Å². The van der Waals surface area contributed by atoms with Crippen LogP contribution in [0, 0.1) is 0 Å². The van der Waals surface area contributed by atoms with Crippen LogP contribution in [0.15, 0.2) is 120 Å². The average molecular weight is 444 g/mol. The normalized spacial score (nSPS) is 11.1. The predicted molar refractivity (Wildman–Crippen MR) is 135 cm³/mol. The Hall–Kier alpha value is -4.70. The number of carbonyl (C=O) groups is 1. The van der Waals surface area contributed by atoms with Gasteiger partial charge >= 0.3 is 5.97 Å². The third kappa shape index (κ3) is 4.43. The van der Waals surface area contributed by atoms with Crippen LogP contribution in [0.4, 0.5) is 0 Å². The van der Waals surface area contributed by atoms with E-state index in [1.165, 1.54) is 0 Å². The first-order chi connectivity index (χ1) is 16.7. The molecule has 0 radical (unpaired) electrons. The van der Waals surface area contributed by atoms with E-state index in [0.29, 0.717) is 5.89 Å². The van der Waals surface area contributed by atoms with Crippen molar-refractivity contribution in [2.75, 3.05) is 0 Å². The number of aliphatic carboxylic acids is 1. The summed E-state index contributed by atoms with van der Waals surface area (Å²) >= 11 is 0. The Bertz CT molecular complexity index is 1410. The Balaban J connectivity index is 1.65. The molecule has 0 aliphatic carbocycles. The van der Waals surface area contributed by atoms with Crippen LogP contribution >= 0.6 is 0 Å². The average Bonchev–Trinajstić information content (AvgIpc) is 3.34. The summed E-state index contributed by atoms with van der Waals surface area (Å²) < 4.78 is 6.41. The van der Waals surface area contributed by atoms with Gasteiger partial charge in [0.05, 0.1) is 0 Å². The number of nitrogens with zero attached hydrogens (tertiary/aromatic N) is 1. The van der Waals surface area contributed by atoms with Gasteiger partial charge in [0.15, 0.2) is 5.76 Å². The summed E-state index contributed by atoms with van der Waals surface area (Å²) in [5.74, 6) is 0.266. The highest BCUT2D eigenvalue weighted by molar-refractivity contribution is 5.87. The van der Waals surface area contributed by atoms with Crippen LogP contribution in [0.1, 0.15) is 5.56 Å². The molecule has 0 saturated heterocycles. The molecule has 0 aliphatic heterocycles. The highest BCUT2D eigenvalue weighted by atomic mass is 16.4. The van der Waals surface area contributed by atoms with Crippen molar-refractivity contribution in [2.24, 2.45) is 0 Å². The summed E-state index contributed by atoms with van der Waals surface area (Å²) in [6.45, 7) is 0. The molecule has 0 unspecified atom stereocenters. The Morgan fingerprint density at radius 3 is 2.03 bits per heavy atom. The summed E-state index contributed by atoms with van der Waals surface area (Å²) in [7, 11) is 0. The summed E-state index contributed by atoms with van der Waals surface area (Å²) in [5.41, 5.74) is 6.29. The highest BCUT2D eigenvalue weighted by Gasteiger charge is 2.20. The first kappa shape index (κ1) is 21.2. The van der Waals surface area contributed by atoms with Gasteiger partial charge in [-0.25, -0.2) is 9.78 Å². The van der Waals surface area contributed by atoms with E-state index in [1.54, 1.807) is 6.08 Å². The van der Waals surface area contributed by atoms with Gasteiger partial charge in [-0.1, -0.05) is 97.1 Å². The van der Waals surface area contributed by atoms with Crippen LogP contribution in [0.3, 0.4) is 0 Å². The van der Waals surface area contributed by atoms with Gasteiger partial charge in [0.1, 0.15) is 5.69 Å². The molecule has 0 saturated carbocycles. The number of carboxylic acids is 1. The quantitative estimate of drug-likeness (QED) is 0.277. The van der Waals surface area contributed by atoms with Gasteiger partial charge in [0, 0.05) is 22.8 Å². The van der Waals surface area contributed by atoms with E-state index in [1.807, 2.05) is 109 Å². The Labute approximate surface area is 197 Å². The molecule has 0 amide bonds. The monoisotopic (exact) mass is 443 g/mol. The second-order valence-corrected chi connectivity index (χ2v) is 7.77. The lowest BCUT2D eigenvalue weighted by atomic mass is 9.98. The van der Waals surface area contributed by atoms with Crippen LogP contribution in [0.2, 0.25) is 0 Å². The van der Waals surface area contributed by atoms with Crippen molar-refractivity contribution in [1.82, 2.24) is 4.98 Å². The number of benzene rings is 4. The molecule has 5 rings (SSSR count). The van der Waals surface area contributed by atoms with E-state index in [-0.39, 0.29) is 0 Å². The number of carboxylic acid groups (broad SMARTS) is 1. The molecule has 4 aromatic carbocycles. The van der Waals surface area contributed by atoms with Crippen molar-refractivity contribution in [1.29, 1.82) is 0 Å². The molecule has 0 fully saturated rings. The largest absolute Gasteiger partial charge is 0.478 e. The second-order valence-electron chi connectivity index (χ2n) is 7.77. The fourth-order valence-corrected chi connectivity index (χ4v) is 3.91. The molecule has 1 aromatic heterocycles. The van der Waals surface area contributed by atoms with Crippen molar-refractivity contribution >= 4 is 12.0 Å². The summed E-state index contributed by atoms with van der Waals surface area (Å²) in [6.07, 6.45) is 2.72. The summed E-state index contributed by atoms with van der Waals surface area (Å²) in [5, 5.41) is 8.96. The van der Waals surface area contributed by atoms with Gasteiger partial charge in [-0.2, -0.15) is 0 Å². The minimum absolute atomic E-state index is 0.528. The lowest BCUT2D eigenvalue weighted by Gasteiger charge is -2.08. The zero-order valence-electron chi connectivity index (χ0n) is 18.3. The predicted octanol–water partition coefficient (Wildman–Crippen LogP) is 7.44. The molecule has 34 heavy (non-hydrogen) atoms. The lowest BCUT2D eigenvalue weighted by Crippen LogP contribution is -1.88. The third-order valence-electron chi connectivity index (χ3n) is 5.48. The fourth-order valence-electron chi connectivity index (χ4n) is 3.91. The molecule has 0 aliphatic rings. The van der Waals surface area contributed by atoms with E-state index in [4.69, 9.17) is 14.5 Å². The van der Waals surface area contributed by atoms with Crippen LogP contribution in [-0.2, 0) is 4.79 Å². The number of aromatic nitrogens is 1. The number of oxazole rings is 1. The maximum Gasteiger partial charge on any atom is 0.328 e. The second kappa shape index (κ2) is 9.43. The molecule has 4 nitrogen and oxygen atoms in total. The van der Waals surface area contributed by atoms with E-state index in [2.05, 4.69) is 0 Å². The minimum atomic E-state index is -0.979. The topological polar surface area (TPSA) is 63.3 Å². The molecule has 5 aromatic rings. The van der Waals surface area contributed by atoms with Crippen LogP contribution in [0.5, 0.6) is 0 Å². The van der Waals surface area contributed by atoms with Crippen molar-refractivity contribution in [3.05, 3.63) is 121 Å². The highest BCUT2D eigenvalue weighted by Crippen LogP contribution is 2.39. The molecule has 0 spiro atoms. The molecule has 0 bridgehead atoms. The first-order valence-electron chi connectivity index (χ1n) is 10.9. The Morgan fingerprint density at radius 1 is 0.706 bits per heavy atom. The number of hydrogen-bond donors (Lipinski definition) is 1. The molecule has 1 N–H and O–H groups in total. The van der Waals surface area contributed by atoms with Crippen LogP contribution < -0.4 is 0 Å². The fraction of sp³-hybridized carbons (Fsp3) is 0. The number of rotatable bonds is 6. The standard InChI is InChI=1S/C30H21NO3/c32-27(33)19-18-21-10-9-15-24(20-21)25-16-7-8-17-26(25)30-31-28(22-11-3-1-4-12-22)29(34-30)23-13-5-2-6-14-23/h1-20H,(H,32,33)/b19-18+. The zero-order valence-corrected chi connectivity index (χ0v) is 18.3. The van der Waals surface area contributed by atoms with Gasteiger partial charge in [-0.15, -0.1) is 0 Å². The maximum absolute atomic E-state index is 10.9. The van der Waals surface area contributed by atoms with Gasteiger partial charge in [0.2, 0.25) is 5.89 Å². The van der Waals surface area contributed by atoms with Gasteiger partial charge in [-0.3, -0.25) is 0 Å². The molecular weight excluding hydrogens is 422 g/mol. The van der Waals surface area contributed by atoms with E-state index < -0.39 is 5.97 Å². The third-order valence-corrected chi connectivity index (χ3v) is 5.48. The van der Waals surface area contributed by atoms with Gasteiger partial charge < -0.3 is 9.52 Å². The van der Waals surface area contributed by atoms with E-state index in [0.717, 1.165) is 50.9 Å². The molecule has 0 atom stereocenters. The van der Waals surface area contributed by atoms with E-state index >= 15 is 0 Å². The summed E-state index contributed by atoms with van der Waals surface area (Å²) in [4.78, 5) is 15.9. The van der Waals surface area contributed by atoms with Crippen molar-refractivity contribution in [3.63, 3.8) is 0 Å². The SMILES string of the molecule is O=C(O)/C=C/c1cccc(-c2ccccc2-c2nc(-c3ccccc3)c(-c3ccccc3)o2)c1. The van der Waals surface area contributed by atoms with Gasteiger partial charge in [-0.05, 0) is 34.9 Å². The van der Waals surface area contributed by atoms with E-state index in [9.17, 15) is 4.79 Å². The molecule has 1 heterocycles. The number of hydrogen-bond acceptors (Lipinski definition) is 3. The Kier molecular flexibility index (Phi) is 5.87. The molecular formula is C30H21NO3. The minimum Gasteiger partial charge on any atom is -0.478 e.